The van der Waals surface area contributed by atoms with E-state index in [1.54, 1.807) is 12.1 Å². The van der Waals surface area contributed by atoms with E-state index in [-0.39, 0.29) is 0 Å². The van der Waals surface area contributed by atoms with Gasteiger partial charge >= 0.3 is 5.97 Å². The van der Waals surface area contributed by atoms with Gasteiger partial charge < -0.3 is 9.67 Å². The van der Waals surface area contributed by atoms with Crippen molar-refractivity contribution in [3.05, 3.63) is 77.0 Å². The highest BCUT2D eigenvalue weighted by Crippen LogP contribution is 2.34. The van der Waals surface area contributed by atoms with Crippen LogP contribution in [0.1, 0.15) is 40.0 Å². The third kappa shape index (κ3) is 2.86. The largest absolute Gasteiger partial charge is 0.478 e. The third-order valence-corrected chi connectivity index (χ3v) is 5.02. The van der Waals surface area contributed by atoms with Gasteiger partial charge in [0.25, 0.3) is 0 Å². The van der Waals surface area contributed by atoms with Crippen molar-refractivity contribution < 1.29 is 9.90 Å². The van der Waals surface area contributed by atoms with Crippen LogP contribution in [0.2, 0.25) is 0 Å². The average molecular weight is 331 g/mol. The quantitative estimate of drug-likeness (QED) is 0.731. The summed E-state index contributed by atoms with van der Waals surface area (Å²) in [5.74, 6) is -0.889. The Balaban J connectivity index is 1.88. The van der Waals surface area contributed by atoms with Crippen LogP contribution in [0.3, 0.4) is 0 Å². The Morgan fingerprint density at radius 1 is 0.960 bits per heavy atom. The summed E-state index contributed by atoms with van der Waals surface area (Å²) in [6.07, 6.45) is 4.64. The molecule has 0 saturated carbocycles. The fourth-order valence-electron chi connectivity index (χ4n) is 3.68. The number of aromatic nitrogens is 1. The van der Waals surface area contributed by atoms with E-state index in [4.69, 9.17) is 5.11 Å². The maximum atomic E-state index is 11.1. The first-order valence-electron chi connectivity index (χ1n) is 8.78. The Bertz CT molecular complexity index is 918. The predicted octanol–water partition coefficient (Wildman–Crippen LogP) is 5.03. The van der Waals surface area contributed by atoms with Gasteiger partial charge in [0.1, 0.15) is 0 Å². The Labute approximate surface area is 147 Å². The lowest BCUT2D eigenvalue weighted by Crippen LogP contribution is -2.08. The summed E-state index contributed by atoms with van der Waals surface area (Å²) in [7, 11) is 0. The van der Waals surface area contributed by atoms with Crippen LogP contribution in [0, 0.1) is 6.92 Å². The summed E-state index contributed by atoms with van der Waals surface area (Å²) in [6.45, 7) is 2.10. The highest BCUT2D eigenvalue weighted by atomic mass is 16.4. The van der Waals surface area contributed by atoms with Crippen LogP contribution >= 0.6 is 0 Å². The van der Waals surface area contributed by atoms with Gasteiger partial charge in [0.15, 0.2) is 0 Å². The lowest BCUT2D eigenvalue weighted by molar-refractivity contribution is 0.0697. The number of fused-ring (bicyclic) bond motifs is 1. The van der Waals surface area contributed by atoms with Crippen molar-refractivity contribution >= 4 is 5.97 Å². The van der Waals surface area contributed by atoms with Gasteiger partial charge in [-0.05, 0) is 74.1 Å². The molecule has 4 rings (SSSR count). The van der Waals surface area contributed by atoms with Crippen molar-refractivity contribution in [3.63, 3.8) is 0 Å². The molecule has 3 heteroatoms. The minimum atomic E-state index is -0.889. The van der Waals surface area contributed by atoms with E-state index in [2.05, 4.69) is 41.8 Å². The van der Waals surface area contributed by atoms with Crippen LogP contribution in [0.4, 0.5) is 0 Å². The van der Waals surface area contributed by atoms with Crippen LogP contribution in [0.5, 0.6) is 0 Å². The molecule has 0 amide bonds. The summed E-state index contributed by atoms with van der Waals surface area (Å²) in [5, 5.41) is 9.15. The number of carbonyl (C=O) groups is 1. The van der Waals surface area contributed by atoms with Gasteiger partial charge in [-0.1, -0.05) is 29.8 Å². The molecule has 1 aromatic heterocycles. The number of hydrogen-bond donors (Lipinski definition) is 1. The molecule has 0 aliphatic heterocycles. The van der Waals surface area contributed by atoms with Crippen LogP contribution in [0.15, 0.2) is 54.6 Å². The first-order chi connectivity index (χ1) is 12.1. The Hall–Kier alpha value is -2.81. The smallest absolute Gasteiger partial charge is 0.335 e. The molecule has 1 aliphatic carbocycles. The molecule has 25 heavy (non-hydrogen) atoms. The zero-order valence-corrected chi connectivity index (χ0v) is 14.3. The van der Waals surface area contributed by atoms with E-state index < -0.39 is 5.97 Å². The first-order valence-corrected chi connectivity index (χ1v) is 8.78. The summed E-state index contributed by atoms with van der Waals surface area (Å²) in [5.41, 5.74) is 7.77. The summed E-state index contributed by atoms with van der Waals surface area (Å²) in [4.78, 5) is 11.1. The summed E-state index contributed by atoms with van der Waals surface area (Å²) >= 11 is 0. The number of hydrogen-bond acceptors (Lipinski definition) is 1. The minimum Gasteiger partial charge on any atom is -0.478 e. The maximum absolute atomic E-state index is 11.1. The molecule has 0 fully saturated rings. The van der Waals surface area contributed by atoms with Crippen LogP contribution in [-0.4, -0.2) is 15.6 Å². The van der Waals surface area contributed by atoms with Crippen LogP contribution in [-0.2, 0) is 12.8 Å². The van der Waals surface area contributed by atoms with Gasteiger partial charge in [-0.2, -0.15) is 0 Å². The van der Waals surface area contributed by atoms with Crippen molar-refractivity contribution in [1.29, 1.82) is 0 Å². The molecular weight excluding hydrogens is 310 g/mol. The monoisotopic (exact) mass is 331 g/mol. The average Bonchev–Trinajstić information content (AvgIpc) is 3.02. The number of aromatic carboxylic acids is 1. The van der Waals surface area contributed by atoms with Crippen molar-refractivity contribution in [2.75, 3.05) is 0 Å². The van der Waals surface area contributed by atoms with Gasteiger partial charge in [0, 0.05) is 11.4 Å². The molecule has 1 aliphatic rings. The second kappa shape index (κ2) is 6.25. The number of benzene rings is 2. The van der Waals surface area contributed by atoms with E-state index in [1.165, 1.54) is 40.9 Å². The van der Waals surface area contributed by atoms with E-state index in [9.17, 15) is 4.79 Å². The van der Waals surface area contributed by atoms with Crippen molar-refractivity contribution in [2.45, 2.75) is 32.6 Å². The van der Waals surface area contributed by atoms with E-state index in [0.29, 0.717) is 5.56 Å². The molecule has 126 valence electrons. The Kier molecular flexibility index (Phi) is 3.92. The maximum Gasteiger partial charge on any atom is 0.335 e. The van der Waals surface area contributed by atoms with Gasteiger partial charge in [-0.25, -0.2) is 4.79 Å². The number of carboxylic acid groups (broad SMARTS) is 1. The molecule has 0 bridgehead atoms. The zero-order chi connectivity index (χ0) is 17.4. The fourth-order valence-corrected chi connectivity index (χ4v) is 3.68. The van der Waals surface area contributed by atoms with Crippen LogP contribution < -0.4 is 0 Å². The molecule has 0 atom stereocenters. The predicted molar refractivity (Wildman–Crippen MR) is 99.5 cm³/mol. The molecule has 1 heterocycles. The highest BCUT2D eigenvalue weighted by molar-refractivity contribution is 5.87. The molecule has 0 radical (unpaired) electrons. The Morgan fingerprint density at radius 2 is 1.64 bits per heavy atom. The van der Waals surface area contributed by atoms with E-state index in [0.717, 1.165) is 18.5 Å². The SMILES string of the molecule is Cc1ccc(-c2cc3c(n2-c2ccc(C(=O)O)cc2)CCCC3)cc1. The van der Waals surface area contributed by atoms with Crippen molar-refractivity contribution in [1.82, 2.24) is 4.57 Å². The Morgan fingerprint density at radius 3 is 2.32 bits per heavy atom. The minimum absolute atomic E-state index is 0.321. The fraction of sp³-hybridized carbons (Fsp3) is 0.227. The van der Waals surface area contributed by atoms with E-state index >= 15 is 0 Å². The zero-order valence-electron chi connectivity index (χ0n) is 14.3. The summed E-state index contributed by atoms with van der Waals surface area (Å²) in [6, 6.07) is 18.1. The third-order valence-electron chi connectivity index (χ3n) is 5.02. The second-order valence-electron chi connectivity index (χ2n) is 6.76. The lowest BCUT2D eigenvalue weighted by Gasteiger charge is -2.18. The van der Waals surface area contributed by atoms with Gasteiger partial charge in [-0.3, -0.25) is 0 Å². The van der Waals surface area contributed by atoms with Gasteiger partial charge in [0.2, 0.25) is 0 Å². The molecule has 0 unspecified atom stereocenters. The molecular formula is C22H21NO2. The van der Waals surface area contributed by atoms with Gasteiger partial charge in [-0.15, -0.1) is 0 Å². The number of nitrogens with zero attached hydrogens (tertiary/aromatic N) is 1. The summed E-state index contributed by atoms with van der Waals surface area (Å²) < 4.78 is 2.31. The topological polar surface area (TPSA) is 42.2 Å². The molecule has 3 aromatic rings. The molecule has 0 saturated heterocycles. The molecule has 1 N–H and O–H groups in total. The number of aryl methyl sites for hydroxylation is 2. The van der Waals surface area contributed by atoms with Gasteiger partial charge in [0.05, 0.1) is 11.3 Å². The van der Waals surface area contributed by atoms with Crippen molar-refractivity contribution in [3.8, 4) is 16.9 Å². The second-order valence-corrected chi connectivity index (χ2v) is 6.76. The van der Waals surface area contributed by atoms with Crippen molar-refractivity contribution in [2.24, 2.45) is 0 Å². The van der Waals surface area contributed by atoms with E-state index in [1.807, 2.05) is 12.1 Å². The molecule has 3 nitrogen and oxygen atoms in total. The molecule has 0 spiro atoms. The highest BCUT2D eigenvalue weighted by Gasteiger charge is 2.20. The normalized spacial score (nSPS) is 13.5. The molecule has 2 aromatic carbocycles. The standard InChI is InChI=1S/C22H21NO2/c1-15-6-8-16(9-7-15)21-14-18-4-2-3-5-20(18)23(21)19-12-10-17(11-13-19)22(24)25/h6-14H,2-5H2,1H3,(H,24,25). The lowest BCUT2D eigenvalue weighted by atomic mass is 9.98. The first kappa shape index (κ1) is 15.7. The number of rotatable bonds is 3. The van der Waals surface area contributed by atoms with Crippen LogP contribution in [0.25, 0.3) is 16.9 Å². The number of carboxylic acids is 1.